The van der Waals surface area contributed by atoms with Gasteiger partial charge in [0.25, 0.3) is 0 Å². The van der Waals surface area contributed by atoms with Crippen molar-refractivity contribution in [2.24, 2.45) is 11.8 Å². The second-order valence-corrected chi connectivity index (χ2v) is 5.70. The molecule has 19 heavy (non-hydrogen) atoms. The Morgan fingerprint density at radius 1 is 1.47 bits per heavy atom. The van der Waals surface area contributed by atoms with E-state index in [0.29, 0.717) is 5.92 Å². The molecule has 0 radical (unpaired) electrons. The molecule has 1 aromatic heterocycles. The number of nitrogens with zero attached hydrogens (tertiary/aromatic N) is 3. The minimum Gasteiger partial charge on any atom is -0.346 e. The fourth-order valence-electron chi connectivity index (χ4n) is 3.04. The van der Waals surface area contributed by atoms with Gasteiger partial charge in [-0.25, -0.2) is 0 Å². The lowest BCUT2D eigenvalue weighted by Gasteiger charge is -2.18. The van der Waals surface area contributed by atoms with Crippen LogP contribution < -0.4 is 10.6 Å². The minimum atomic E-state index is -0.0698. The molecule has 1 amide bonds. The third-order valence-electron chi connectivity index (χ3n) is 4.24. The summed E-state index contributed by atoms with van der Waals surface area (Å²) in [6, 6.07) is -0.0698. The molecule has 6 heteroatoms. The van der Waals surface area contributed by atoms with Gasteiger partial charge in [0, 0.05) is 19.5 Å². The van der Waals surface area contributed by atoms with Crippen molar-refractivity contribution in [3.8, 4) is 0 Å². The SMILES string of the molecule is CC(NC(=O)[C@@H]1CNC[C@H]1C)c1nnc2n1CCC2. The fourth-order valence-corrected chi connectivity index (χ4v) is 3.04. The molecule has 3 rings (SSSR count). The molecule has 2 aliphatic heterocycles. The van der Waals surface area contributed by atoms with Crippen molar-refractivity contribution in [1.82, 2.24) is 25.4 Å². The van der Waals surface area contributed by atoms with Crippen LogP contribution in [0.3, 0.4) is 0 Å². The number of fused-ring (bicyclic) bond motifs is 1. The van der Waals surface area contributed by atoms with Crippen LogP contribution in [0.2, 0.25) is 0 Å². The normalized spacial score (nSPS) is 27.3. The van der Waals surface area contributed by atoms with Gasteiger partial charge in [-0.05, 0) is 25.8 Å². The first-order chi connectivity index (χ1) is 9.16. The Morgan fingerprint density at radius 2 is 2.32 bits per heavy atom. The molecule has 3 heterocycles. The summed E-state index contributed by atoms with van der Waals surface area (Å²) >= 11 is 0. The van der Waals surface area contributed by atoms with E-state index in [1.807, 2.05) is 6.92 Å². The second-order valence-electron chi connectivity index (χ2n) is 5.70. The number of hydrogen-bond acceptors (Lipinski definition) is 4. The number of rotatable bonds is 3. The third kappa shape index (κ3) is 2.25. The highest BCUT2D eigenvalue weighted by atomic mass is 16.2. The summed E-state index contributed by atoms with van der Waals surface area (Å²) in [6.07, 6.45) is 2.12. The smallest absolute Gasteiger partial charge is 0.225 e. The van der Waals surface area contributed by atoms with Crippen LogP contribution in [0.1, 0.15) is 38.0 Å². The standard InChI is InChI=1S/C13H21N5O/c1-8-6-14-7-10(8)13(19)15-9(2)12-17-16-11-4-3-5-18(11)12/h8-10,14H,3-7H2,1-2H3,(H,15,19)/t8-,9?,10-/m1/s1. The Kier molecular flexibility index (Phi) is 3.26. The van der Waals surface area contributed by atoms with E-state index in [2.05, 4.69) is 32.3 Å². The van der Waals surface area contributed by atoms with Crippen molar-refractivity contribution in [1.29, 1.82) is 0 Å². The van der Waals surface area contributed by atoms with Crippen molar-refractivity contribution in [3.63, 3.8) is 0 Å². The van der Waals surface area contributed by atoms with Crippen molar-refractivity contribution < 1.29 is 4.79 Å². The first kappa shape index (κ1) is 12.6. The van der Waals surface area contributed by atoms with Crippen LogP contribution in [0.5, 0.6) is 0 Å². The number of aryl methyl sites for hydroxylation is 1. The average molecular weight is 263 g/mol. The Balaban J connectivity index is 1.67. The largest absolute Gasteiger partial charge is 0.346 e. The van der Waals surface area contributed by atoms with Gasteiger partial charge in [-0.3, -0.25) is 4.79 Å². The van der Waals surface area contributed by atoms with Crippen molar-refractivity contribution in [2.75, 3.05) is 13.1 Å². The summed E-state index contributed by atoms with van der Waals surface area (Å²) in [5.74, 6) is 2.53. The van der Waals surface area contributed by atoms with Gasteiger partial charge in [-0.1, -0.05) is 6.92 Å². The highest BCUT2D eigenvalue weighted by molar-refractivity contribution is 5.79. The number of amides is 1. The molecule has 1 unspecified atom stereocenters. The lowest BCUT2D eigenvalue weighted by molar-refractivity contribution is -0.126. The van der Waals surface area contributed by atoms with Crippen LogP contribution in [0.4, 0.5) is 0 Å². The topological polar surface area (TPSA) is 71.8 Å². The zero-order valence-electron chi connectivity index (χ0n) is 11.5. The number of hydrogen-bond donors (Lipinski definition) is 2. The number of aromatic nitrogens is 3. The van der Waals surface area contributed by atoms with Crippen LogP contribution in [0.25, 0.3) is 0 Å². The highest BCUT2D eigenvalue weighted by Crippen LogP contribution is 2.21. The van der Waals surface area contributed by atoms with E-state index < -0.39 is 0 Å². The molecule has 2 aliphatic rings. The molecule has 0 bridgehead atoms. The van der Waals surface area contributed by atoms with Crippen molar-refractivity contribution in [2.45, 2.75) is 39.3 Å². The molecule has 2 N–H and O–H groups in total. The van der Waals surface area contributed by atoms with Crippen LogP contribution in [-0.2, 0) is 17.8 Å². The minimum absolute atomic E-state index is 0.0698. The van der Waals surface area contributed by atoms with E-state index in [4.69, 9.17) is 0 Å². The molecule has 104 valence electrons. The molecule has 1 aromatic rings. The van der Waals surface area contributed by atoms with Gasteiger partial charge in [0.15, 0.2) is 5.82 Å². The Labute approximate surface area is 113 Å². The average Bonchev–Trinajstić information content (AvgIpc) is 3.02. The van der Waals surface area contributed by atoms with E-state index in [0.717, 1.165) is 44.1 Å². The molecular formula is C13H21N5O. The zero-order valence-corrected chi connectivity index (χ0v) is 11.5. The summed E-state index contributed by atoms with van der Waals surface area (Å²) in [5, 5.41) is 14.7. The Hall–Kier alpha value is -1.43. The Bertz CT molecular complexity index is 483. The van der Waals surface area contributed by atoms with E-state index in [1.165, 1.54) is 0 Å². The number of carbonyl (C=O) groups excluding carboxylic acids is 1. The molecule has 3 atom stereocenters. The molecule has 1 fully saturated rings. The van der Waals surface area contributed by atoms with E-state index >= 15 is 0 Å². The molecule has 1 saturated heterocycles. The first-order valence-corrected chi connectivity index (χ1v) is 7.10. The molecule has 0 aliphatic carbocycles. The lowest BCUT2D eigenvalue weighted by Crippen LogP contribution is -2.36. The van der Waals surface area contributed by atoms with Crippen LogP contribution in [0.15, 0.2) is 0 Å². The summed E-state index contributed by atoms with van der Waals surface area (Å²) in [6.45, 7) is 6.77. The quantitative estimate of drug-likeness (QED) is 0.820. The van der Waals surface area contributed by atoms with Gasteiger partial charge in [-0.15, -0.1) is 10.2 Å². The monoisotopic (exact) mass is 263 g/mol. The van der Waals surface area contributed by atoms with Gasteiger partial charge in [0.05, 0.1) is 12.0 Å². The van der Waals surface area contributed by atoms with Gasteiger partial charge in [-0.2, -0.15) is 0 Å². The van der Waals surface area contributed by atoms with Crippen LogP contribution in [-0.4, -0.2) is 33.8 Å². The molecular weight excluding hydrogens is 242 g/mol. The lowest BCUT2D eigenvalue weighted by atomic mass is 9.97. The van der Waals surface area contributed by atoms with Crippen molar-refractivity contribution in [3.05, 3.63) is 11.6 Å². The molecule has 6 nitrogen and oxygen atoms in total. The maximum Gasteiger partial charge on any atom is 0.225 e. The Morgan fingerprint density at radius 3 is 3.05 bits per heavy atom. The van der Waals surface area contributed by atoms with Crippen LogP contribution in [0, 0.1) is 11.8 Å². The third-order valence-corrected chi connectivity index (χ3v) is 4.24. The maximum atomic E-state index is 12.3. The first-order valence-electron chi connectivity index (χ1n) is 7.10. The maximum absolute atomic E-state index is 12.3. The number of nitrogens with one attached hydrogen (secondary N) is 2. The van der Waals surface area contributed by atoms with E-state index in [-0.39, 0.29) is 17.9 Å². The van der Waals surface area contributed by atoms with Crippen molar-refractivity contribution >= 4 is 5.91 Å². The van der Waals surface area contributed by atoms with Gasteiger partial charge in [0.2, 0.25) is 5.91 Å². The summed E-state index contributed by atoms with van der Waals surface area (Å²) in [5.41, 5.74) is 0. The van der Waals surface area contributed by atoms with Crippen LogP contribution >= 0.6 is 0 Å². The van der Waals surface area contributed by atoms with Gasteiger partial charge in [0.1, 0.15) is 5.82 Å². The van der Waals surface area contributed by atoms with Gasteiger partial charge >= 0.3 is 0 Å². The zero-order chi connectivity index (χ0) is 13.4. The summed E-state index contributed by atoms with van der Waals surface area (Å²) in [7, 11) is 0. The summed E-state index contributed by atoms with van der Waals surface area (Å²) < 4.78 is 2.14. The van der Waals surface area contributed by atoms with E-state index in [1.54, 1.807) is 0 Å². The predicted molar refractivity (Wildman–Crippen MR) is 70.4 cm³/mol. The number of carbonyl (C=O) groups is 1. The highest BCUT2D eigenvalue weighted by Gasteiger charge is 2.31. The summed E-state index contributed by atoms with van der Waals surface area (Å²) in [4.78, 5) is 12.3. The fraction of sp³-hybridized carbons (Fsp3) is 0.769. The predicted octanol–water partition coefficient (Wildman–Crippen LogP) is 0.257. The molecule has 0 aromatic carbocycles. The van der Waals surface area contributed by atoms with Gasteiger partial charge < -0.3 is 15.2 Å². The second kappa shape index (κ2) is 4.92. The van der Waals surface area contributed by atoms with E-state index in [9.17, 15) is 4.79 Å². The molecule has 0 spiro atoms. The molecule has 0 saturated carbocycles.